The molecule has 8 N–H and O–H groups in total. The van der Waals surface area contributed by atoms with Gasteiger partial charge in [0.1, 0.15) is 6.04 Å². The zero-order valence-corrected chi connectivity index (χ0v) is 20.5. The summed E-state index contributed by atoms with van der Waals surface area (Å²) < 4.78 is 0. The molecule has 9 nitrogen and oxygen atoms in total. The molecular weight excluding hydrogens is 468 g/mol. The highest BCUT2D eigenvalue weighted by Gasteiger charge is 2.34. The van der Waals surface area contributed by atoms with Crippen molar-refractivity contribution in [2.75, 3.05) is 6.54 Å². The first kappa shape index (κ1) is 26.9. The molecule has 3 aromatic carbocycles. The maximum atomic E-state index is 14.3. The normalized spacial score (nSPS) is 11.5. The molecule has 1 atom stereocenters. The van der Waals surface area contributed by atoms with E-state index in [1.165, 1.54) is 4.90 Å². The first-order valence-corrected chi connectivity index (χ1v) is 11.9. The molecule has 9 heteroatoms. The van der Waals surface area contributed by atoms with Crippen molar-refractivity contribution in [3.63, 3.8) is 0 Å². The van der Waals surface area contributed by atoms with Gasteiger partial charge in [0, 0.05) is 18.7 Å². The Morgan fingerprint density at radius 3 is 1.76 bits per heavy atom. The Bertz CT molecular complexity index is 1190. The predicted molar refractivity (Wildman–Crippen MR) is 143 cm³/mol. The number of hydrogen-bond donors (Lipinski definition) is 4. The van der Waals surface area contributed by atoms with E-state index < -0.39 is 23.8 Å². The monoisotopic (exact) mass is 500 g/mol. The minimum Gasteiger partial charge on any atom is -0.370 e. The van der Waals surface area contributed by atoms with Crippen LogP contribution in [0.2, 0.25) is 0 Å². The number of amides is 3. The van der Waals surface area contributed by atoms with Crippen LogP contribution in [0.3, 0.4) is 0 Å². The van der Waals surface area contributed by atoms with Crippen LogP contribution in [0.15, 0.2) is 89.9 Å². The van der Waals surface area contributed by atoms with Gasteiger partial charge >= 0.3 is 0 Å². The van der Waals surface area contributed by atoms with Gasteiger partial charge in [-0.05, 0) is 41.7 Å². The third-order valence-electron chi connectivity index (χ3n) is 6.02. The molecule has 0 bridgehead atoms. The third kappa shape index (κ3) is 7.41. The van der Waals surface area contributed by atoms with Crippen molar-refractivity contribution in [2.45, 2.75) is 31.3 Å². The van der Waals surface area contributed by atoms with E-state index in [4.69, 9.17) is 22.9 Å². The molecule has 0 radical (unpaired) electrons. The van der Waals surface area contributed by atoms with Crippen LogP contribution >= 0.6 is 0 Å². The van der Waals surface area contributed by atoms with E-state index in [0.717, 1.165) is 11.1 Å². The van der Waals surface area contributed by atoms with Crippen molar-refractivity contribution in [1.29, 1.82) is 0 Å². The molecule has 3 aromatic rings. The molecule has 0 aromatic heterocycles. The van der Waals surface area contributed by atoms with Crippen molar-refractivity contribution in [2.24, 2.45) is 27.9 Å². The van der Waals surface area contributed by atoms with Gasteiger partial charge in [-0.2, -0.15) is 0 Å². The van der Waals surface area contributed by atoms with Gasteiger partial charge in [0.15, 0.2) is 5.96 Å². The highest BCUT2D eigenvalue weighted by Crippen LogP contribution is 2.29. The van der Waals surface area contributed by atoms with Crippen molar-refractivity contribution < 1.29 is 14.4 Å². The Balaban J connectivity index is 2.03. The fourth-order valence-electron chi connectivity index (χ4n) is 4.19. The van der Waals surface area contributed by atoms with Crippen LogP contribution in [0.25, 0.3) is 0 Å². The molecule has 0 aliphatic heterocycles. The van der Waals surface area contributed by atoms with Gasteiger partial charge in [-0.3, -0.25) is 19.4 Å². The molecule has 0 fully saturated rings. The standard InChI is InChI=1S/C28H32N6O3/c29-25(35)22-15-13-19(14-16-22)18-34(23(26(30)36)12-7-17-33-28(31)32)27(37)24(20-8-3-1-4-9-20)21-10-5-2-6-11-21/h1-6,8-11,13-16,23-24H,7,12,17-18H2,(H2,29,35)(H2,30,36)(H4,31,32,33)/t23-/m0/s1. The lowest BCUT2D eigenvalue weighted by atomic mass is 9.89. The Kier molecular flexibility index (Phi) is 9.37. The molecule has 3 amide bonds. The first-order valence-electron chi connectivity index (χ1n) is 11.9. The lowest BCUT2D eigenvalue weighted by Crippen LogP contribution is -2.49. The molecule has 0 aliphatic rings. The number of rotatable bonds is 12. The number of carbonyl (C=O) groups excluding carboxylic acids is 3. The number of benzene rings is 3. The fraction of sp³-hybridized carbons (Fsp3) is 0.214. The topological polar surface area (TPSA) is 171 Å². The SMILES string of the molecule is NC(=O)c1ccc(CN(C(=O)C(c2ccccc2)c2ccccc2)[C@@H](CCCN=C(N)N)C(N)=O)cc1. The Morgan fingerprint density at radius 2 is 1.30 bits per heavy atom. The summed E-state index contributed by atoms with van der Waals surface area (Å²) in [5, 5.41) is 0. The van der Waals surface area contributed by atoms with E-state index in [0.29, 0.717) is 24.1 Å². The van der Waals surface area contributed by atoms with Crippen LogP contribution in [0.4, 0.5) is 0 Å². The number of aliphatic imine (C=N–C) groups is 1. The average Bonchev–Trinajstić information content (AvgIpc) is 2.89. The summed E-state index contributed by atoms with van der Waals surface area (Å²) in [4.78, 5) is 44.0. The first-order chi connectivity index (χ1) is 17.8. The van der Waals surface area contributed by atoms with E-state index in [1.54, 1.807) is 24.3 Å². The van der Waals surface area contributed by atoms with Gasteiger partial charge in [-0.15, -0.1) is 0 Å². The van der Waals surface area contributed by atoms with Crippen LogP contribution in [0.1, 0.15) is 45.8 Å². The van der Waals surface area contributed by atoms with Crippen molar-refractivity contribution in [1.82, 2.24) is 4.90 Å². The largest absolute Gasteiger partial charge is 0.370 e. The molecule has 192 valence electrons. The summed E-state index contributed by atoms with van der Waals surface area (Å²) in [6.45, 7) is 0.395. The zero-order valence-electron chi connectivity index (χ0n) is 20.5. The molecule has 3 rings (SSSR count). The Labute approximate surface area is 216 Å². The number of nitrogens with zero attached hydrogens (tertiary/aromatic N) is 2. The summed E-state index contributed by atoms with van der Waals surface area (Å²) in [6, 6.07) is 24.4. The predicted octanol–water partition coefficient (Wildman–Crippen LogP) is 1.85. The Morgan fingerprint density at radius 1 is 0.757 bits per heavy atom. The van der Waals surface area contributed by atoms with Crippen molar-refractivity contribution >= 4 is 23.7 Å². The second-order valence-electron chi connectivity index (χ2n) is 8.65. The molecule has 37 heavy (non-hydrogen) atoms. The highest BCUT2D eigenvalue weighted by molar-refractivity contribution is 5.93. The van der Waals surface area contributed by atoms with Gasteiger partial charge in [0.2, 0.25) is 17.7 Å². The Hall–Kier alpha value is -4.66. The van der Waals surface area contributed by atoms with Crippen molar-refractivity contribution in [3.8, 4) is 0 Å². The van der Waals surface area contributed by atoms with Gasteiger partial charge in [-0.1, -0.05) is 72.8 Å². The van der Waals surface area contributed by atoms with E-state index in [-0.39, 0.29) is 24.8 Å². The summed E-state index contributed by atoms with van der Waals surface area (Å²) in [5.41, 5.74) is 24.7. The van der Waals surface area contributed by atoms with Crippen LogP contribution in [-0.4, -0.2) is 41.2 Å². The lowest BCUT2D eigenvalue weighted by Gasteiger charge is -2.33. The minimum atomic E-state index is -0.910. The number of guanidine groups is 1. The van der Waals surface area contributed by atoms with E-state index in [1.807, 2.05) is 60.7 Å². The fourth-order valence-corrected chi connectivity index (χ4v) is 4.19. The number of hydrogen-bond acceptors (Lipinski definition) is 4. The molecule has 0 saturated heterocycles. The summed E-state index contributed by atoms with van der Waals surface area (Å²) in [5.74, 6) is -2.17. The summed E-state index contributed by atoms with van der Waals surface area (Å²) in [6.07, 6.45) is 0.713. The highest BCUT2D eigenvalue weighted by atomic mass is 16.2. The van der Waals surface area contributed by atoms with E-state index in [2.05, 4.69) is 4.99 Å². The molecular formula is C28H32N6O3. The van der Waals surface area contributed by atoms with E-state index in [9.17, 15) is 14.4 Å². The molecule has 0 unspecified atom stereocenters. The number of primary amides is 2. The number of carbonyl (C=O) groups is 3. The maximum Gasteiger partial charge on any atom is 0.248 e. The lowest BCUT2D eigenvalue weighted by molar-refractivity contribution is -0.141. The van der Waals surface area contributed by atoms with E-state index >= 15 is 0 Å². The second kappa shape index (κ2) is 12.9. The van der Waals surface area contributed by atoms with Crippen LogP contribution < -0.4 is 22.9 Å². The second-order valence-corrected chi connectivity index (χ2v) is 8.65. The van der Waals surface area contributed by atoms with Crippen molar-refractivity contribution in [3.05, 3.63) is 107 Å². The number of nitrogens with two attached hydrogens (primary N) is 4. The van der Waals surface area contributed by atoms with Gasteiger partial charge in [0.25, 0.3) is 0 Å². The minimum absolute atomic E-state index is 0.0497. The molecule has 0 aliphatic carbocycles. The molecule has 0 spiro atoms. The van der Waals surface area contributed by atoms with Crippen LogP contribution in [0.5, 0.6) is 0 Å². The quantitative estimate of drug-likeness (QED) is 0.169. The maximum absolute atomic E-state index is 14.3. The van der Waals surface area contributed by atoms with Crippen LogP contribution in [0, 0.1) is 0 Å². The van der Waals surface area contributed by atoms with Gasteiger partial charge < -0.3 is 27.8 Å². The van der Waals surface area contributed by atoms with Gasteiger partial charge in [0.05, 0.1) is 5.92 Å². The molecule has 0 heterocycles. The average molecular weight is 501 g/mol. The molecule has 0 saturated carbocycles. The third-order valence-corrected chi connectivity index (χ3v) is 6.02. The van der Waals surface area contributed by atoms with Crippen LogP contribution in [-0.2, 0) is 16.1 Å². The zero-order chi connectivity index (χ0) is 26.8. The summed E-state index contributed by atoms with van der Waals surface area (Å²) in [7, 11) is 0. The summed E-state index contributed by atoms with van der Waals surface area (Å²) >= 11 is 0. The smallest absolute Gasteiger partial charge is 0.248 e. The van der Waals surface area contributed by atoms with Gasteiger partial charge in [-0.25, -0.2) is 0 Å².